The number of rotatable bonds is 15. The van der Waals surface area contributed by atoms with E-state index in [1.165, 1.54) is 21.1 Å². The fourth-order valence-electron chi connectivity index (χ4n) is 3.65. The molecule has 4 N–H and O–H groups in total. The summed E-state index contributed by atoms with van der Waals surface area (Å²) in [6.45, 7) is 2.40. The van der Waals surface area contributed by atoms with Gasteiger partial charge < -0.3 is 35.2 Å². The van der Waals surface area contributed by atoms with Crippen LogP contribution in [0.3, 0.4) is 0 Å². The van der Waals surface area contributed by atoms with E-state index in [1.54, 1.807) is 6.92 Å². The number of oxime groups is 1. The molecule has 2 amide bonds. The maximum absolute atomic E-state index is 13.3. The van der Waals surface area contributed by atoms with Crippen molar-refractivity contribution in [3.8, 4) is 0 Å². The first-order chi connectivity index (χ1) is 18.7. The number of esters is 1. The van der Waals surface area contributed by atoms with Crippen molar-refractivity contribution in [3.05, 3.63) is 71.8 Å². The van der Waals surface area contributed by atoms with Gasteiger partial charge in [0.2, 0.25) is 5.91 Å². The maximum Gasteiger partial charge on any atom is 0.328 e. The van der Waals surface area contributed by atoms with Crippen LogP contribution in [0, 0.1) is 0 Å². The standard InChI is InChI=1S/C28H37N3O8/c1-18(32)26(34)25(19(2)37-3)31-39-17-24(33)29-22(15-20-11-7-5-8-12-20)27(35)30-23(28(36)38-4)16-21-13-9-6-10-14-21/h5-14,18-19,22-23,26,32,34H,15-17H2,1-4H3,(H,29,33)(H,30,35)/b31-25-/t18-,19+,22+,23+,26+/m1/s1. The van der Waals surface area contributed by atoms with Crippen molar-refractivity contribution in [2.24, 2.45) is 5.16 Å². The van der Waals surface area contributed by atoms with Gasteiger partial charge in [-0.3, -0.25) is 9.59 Å². The molecular formula is C28H37N3O8. The quantitative estimate of drug-likeness (QED) is 0.146. The molecule has 0 aliphatic heterocycles. The molecule has 0 aliphatic carbocycles. The molecule has 0 fully saturated rings. The van der Waals surface area contributed by atoms with Crippen LogP contribution in [0.5, 0.6) is 0 Å². The molecule has 0 saturated carbocycles. The molecule has 11 heteroatoms. The second-order valence-electron chi connectivity index (χ2n) is 8.94. The minimum Gasteiger partial charge on any atom is -0.467 e. The van der Waals surface area contributed by atoms with E-state index in [-0.39, 0.29) is 18.6 Å². The van der Waals surface area contributed by atoms with Crippen molar-refractivity contribution in [3.63, 3.8) is 0 Å². The van der Waals surface area contributed by atoms with E-state index in [9.17, 15) is 24.6 Å². The van der Waals surface area contributed by atoms with Crippen LogP contribution >= 0.6 is 0 Å². The maximum atomic E-state index is 13.3. The van der Waals surface area contributed by atoms with Crippen molar-refractivity contribution in [1.82, 2.24) is 10.6 Å². The Morgan fingerprint density at radius 2 is 1.38 bits per heavy atom. The topological polar surface area (TPSA) is 156 Å². The summed E-state index contributed by atoms with van der Waals surface area (Å²) in [5.41, 5.74) is 1.61. The van der Waals surface area contributed by atoms with E-state index in [0.717, 1.165) is 11.1 Å². The number of methoxy groups -OCH3 is 2. The van der Waals surface area contributed by atoms with Gasteiger partial charge in [-0.25, -0.2) is 4.79 Å². The van der Waals surface area contributed by atoms with E-state index in [0.29, 0.717) is 0 Å². The predicted octanol–water partition coefficient (Wildman–Crippen LogP) is 0.764. The highest BCUT2D eigenvalue weighted by Crippen LogP contribution is 2.08. The van der Waals surface area contributed by atoms with Gasteiger partial charge in [0.1, 0.15) is 23.9 Å². The number of carbonyl (C=O) groups excluding carboxylic acids is 3. The molecule has 0 radical (unpaired) electrons. The number of benzene rings is 2. The summed E-state index contributed by atoms with van der Waals surface area (Å²) in [4.78, 5) is 43.6. The number of aliphatic hydroxyl groups excluding tert-OH is 2. The summed E-state index contributed by atoms with van der Waals surface area (Å²) in [7, 11) is 2.63. The van der Waals surface area contributed by atoms with Gasteiger partial charge in [-0.2, -0.15) is 0 Å². The van der Waals surface area contributed by atoms with E-state index in [4.69, 9.17) is 14.3 Å². The predicted molar refractivity (Wildman–Crippen MR) is 144 cm³/mol. The number of ether oxygens (including phenoxy) is 2. The van der Waals surface area contributed by atoms with Gasteiger partial charge in [0.25, 0.3) is 5.91 Å². The Morgan fingerprint density at radius 1 is 0.846 bits per heavy atom. The number of nitrogens with one attached hydrogen (secondary N) is 2. The normalized spacial score (nSPS) is 15.3. The average molecular weight is 544 g/mol. The van der Waals surface area contributed by atoms with Crippen LogP contribution < -0.4 is 10.6 Å². The van der Waals surface area contributed by atoms with Crippen LogP contribution in [-0.2, 0) is 41.5 Å². The van der Waals surface area contributed by atoms with Gasteiger partial charge in [-0.1, -0.05) is 65.8 Å². The number of hydrogen-bond acceptors (Lipinski definition) is 9. The first-order valence-corrected chi connectivity index (χ1v) is 12.5. The lowest BCUT2D eigenvalue weighted by atomic mass is 10.0. The first-order valence-electron chi connectivity index (χ1n) is 12.5. The number of hydrogen-bond donors (Lipinski definition) is 4. The molecule has 39 heavy (non-hydrogen) atoms. The third-order valence-corrected chi connectivity index (χ3v) is 5.91. The largest absolute Gasteiger partial charge is 0.467 e. The molecule has 0 spiro atoms. The van der Waals surface area contributed by atoms with E-state index >= 15 is 0 Å². The lowest BCUT2D eigenvalue weighted by molar-refractivity contribution is -0.145. The molecule has 11 nitrogen and oxygen atoms in total. The summed E-state index contributed by atoms with van der Waals surface area (Å²) in [6.07, 6.45) is -2.84. The van der Waals surface area contributed by atoms with Crippen molar-refractivity contribution in [2.75, 3.05) is 20.8 Å². The van der Waals surface area contributed by atoms with Crippen molar-refractivity contribution in [1.29, 1.82) is 0 Å². The Labute approximate surface area is 228 Å². The van der Waals surface area contributed by atoms with Gasteiger partial charge in [-0.05, 0) is 25.0 Å². The lowest BCUT2D eigenvalue weighted by Gasteiger charge is -2.23. The van der Waals surface area contributed by atoms with E-state index in [1.807, 2.05) is 60.7 Å². The molecule has 2 aromatic rings. The third kappa shape index (κ3) is 10.5. The zero-order valence-corrected chi connectivity index (χ0v) is 22.6. The summed E-state index contributed by atoms with van der Waals surface area (Å²) in [6, 6.07) is 16.2. The van der Waals surface area contributed by atoms with Crippen LogP contribution in [0.25, 0.3) is 0 Å². The molecule has 0 unspecified atom stereocenters. The second kappa shape index (κ2) is 16.2. The molecule has 0 aromatic heterocycles. The second-order valence-corrected chi connectivity index (χ2v) is 8.94. The lowest BCUT2D eigenvalue weighted by Crippen LogP contribution is -2.53. The van der Waals surface area contributed by atoms with E-state index in [2.05, 4.69) is 15.8 Å². The summed E-state index contributed by atoms with van der Waals surface area (Å²) >= 11 is 0. The van der Waals surface area contributed by atoms with Crippen molar-refractivity contribution in [2.45, 2.75) is 57.1 Å². The molecule has 0 aliphatic rings. The Kier molecular flexibility index (Phi) is 13.1. The Balaban J connectivity index is 2.16. The molecular weight excluding hydrogens is 506 g/mol. The van der Waals surface area contributed by atoms with Gasteiger partial charge >= 0.3 is 5.97 Å². The number of carbonyl (C=O) groups is 3. The fraction of sp³-hybridized carbons (Fsp3) is 0.429. The molecule has 0 bridgehead atoms. The average Bonchev–Trinajstić information content (AvgIpc) is 2.94. The van der Waals surface area contributed by atoms with Gasteiger partial charge in [0.15, 0.2) is 6.61 Å². The first kappa shape index (κ1) is 31.4. The van der Waals surface area contributed by atoms with Crippen LogP contribution in [0.4, 0.5) is 0 Å². The van der Waals surface area contributed by atoms with Gasteiger partial charge in [-0.15, -0.1) is 0 Å². The minimum absolute atomic E-state index is 0.000658. The Hall–Kier alpha value is -3.80. The van der Waals surface area contributed by atoms with Crippen molar-refractivity contribution < 1.29 is 38.9 Å². The molecule has 5 atom stereocenters. The molecule has 2 rings (SSSR count). The number of nitrogens with zero attached hydrogens (tertiary/aromatic N) is 1. The number of amides is 2. The van der Waals surface area contributed by atoms with Crippen LogP contribution in [-0.4, -0.2) is 84.9 Å². The summed E-state index contributed by atoms with van der Waals surface area (Å²) in [5.74, 6) is -1.87. The Bertz CT molecular complexity index is 1080. The molecule has 2 aromatic carbocycles. The van der Waals surface area contributed by atoms with E-state index < -0.39 is 54.8 Å². The zero-order valence-electron chi connectivity index (χ0n) is 22.6. The monoisotopic (exact) mass is 543 g/mol. The Morgan fingerprint density at radius 3 is 1.87 bits per heavy atom. The fourth-order valence-corrected chi connectivity index (χ4v) is 3.65. The highest BCUT2D eigenvalue weighted by molar-refractivity contribution is 5.93. The third-order valence-electron chi connectivity index (χ3n) is 5.91. The number of aliphatic hydroxyl groups is 2. The van der Waals surface area contributed by atoms with Gasteiger partial charge in [0, 0.05) is 20.0 Å². The molecule has 0 heterocycles. The zero-order chi connectivity index (χ0) is 28.8. The summed E-state index contributed by atoms with van der Waals surface area (Å²) in [5, 5.41) is 28.9. The van der Waals surface area contributed by atoms with Crippen LogP contribution in [0.15, 0.2) is 65.8 Å². The molecule has 0 saturated heterocycles. The minimum atomic E-state index is -1.36. The highest BCUT2D eigenvalue weighted by Gasteiger charge is 2.28. The van der Waals surface area contributed by atoms with Crippen LogP contribution in [0.2, 0.25) is 0 Å². The van der Waals surface area contributed by atoms with Gasteiger partial charge in [0.05, 0.1) is 19.3 Å². The van der Waals surface area contributed by atoms with Crippen molar-refractivity contribution >= 4 is 23.5 Å². The smallest absolute Gasteiger partial charge is 0.328 e. The van der Waals surface area contributed by atoms with Crippen LogP contribution in [0.1, 0.15) is 25.0 Å². The SMILES string of the molecule is COC(=O)[C@H](Cc1ccccc1)NC(=O)[C@H](Cc1ccccc1)NC(=O)CO/N=C(/[C@H](C)OC)[C@@H](O)[C@@H](C)O. The molecule has 212 valence electrons. The summed E-state index contributed by atoms with van der Waals surface area (Å²) < 4.78 is 10.0. The highest BCUT2D eigenvalue weighted by atomic mass is 16.6.